The molecule has 0 aliphatic carbocycles. The van der Waals surface area contributed by atoms with Gasteiger partial charge in [0.15, 0.2) is 6.61 Å². The third kappa shape index (κ3) is 5.81. The van der Waals surface area contributed by atoms with E-state index in [1.54, 1.807) is 4.90 Å². The minimum Gasteiger partial charge on any atom is -0.482 e. The van der Waals surface area contributed by atoms with E-state index in [9.17, 15) is 9.59 Å². The van der Waals surface area contributed by atoms with Crippen molar-refractivity contribution >= 4 is 17.5 Å². The van der Waals surface area contributed by atoms with Crippen LogP contribution in [-0.4, -0.2) is 62.0 Å². The molecule has 1 heterocycles. The van der Waals surface area contributed by atoms with Gasteiger partial charge in [0.25, 0.3) is 5.91 Å². The van der Waals surface area contributed by atoms with Gasteiger partial charge in [0.05, 0.1) is 5.69 Å². The number of hydrogen-bond acceptors (Lipinski definition) is 4. The van der Waals surface area contributed by atoms with E-state index in [1.807, 2.05) is 73.6 Å². The van der Waals surface area contributed by atoms with E-state index in [1.165, 1.54) is 0 Å². The summed E-state index contributed by atoms with van der Waals surface area (Å²) in [5, 5.41) is 0. The lowest BCUT2D eigenvalue weighted by molar-refractivity contribution is -0.132. The van der Waals surface area contributed by atoms with Crippen LogP contribution in [0.5, 0.6) is 5.75 Å². The van der Waals surface area contributed by atoms with Gasteiger partial charge in [0, 0.05) is 32.6 Å². The number of anilines is 1. The largest absolute Gasteiger partial charge is 0.482 e. The highest BCUT2D eigenvalue weighted by Crippen LogP contribution is 2.31. The zero-order valence-electron chi connectivity index (χ0n) is 17.2. The topological polar surface area (TPSA) is 53.1 Å². The molecule has 2 amide bonds. The zero-order chi connectivity index (χ0) is 20.6. The third-order valence-corrected chi connectivity index (χ3v) is 4.97. The first-order valence-corrected chi connectivity index (χ1v) is 10.0. The van der Waals surface area contributed by atoms with E-state index < -0.39 is 0 Å². The molecule has 6 nitrogen and oxygen atoms in total. The van der Waals surface area contributed by atoms with E-state index in [0.29, 0.717) is 32.5 Å². The van der Waals surface area contributed by atoms with Crippen molar-refractivity contribution in [2.75, 3.05) is 45.2 Å². The highest BCUT2D eigenvalue weighted by molar-refractivity contribution is 5.97. The minimum absolute atomic E-state index is 0.0495. The molecule has 0 aromatic heterocycles. The predicted molar refractivity (Wildman–Crippen MR) is 114 cm³/mol. The Balaban J connectivity index is 1.58. The van der Waals surface area contributed by atoms with Gasteiger partial charge in [-0.1, -0.05) is 42.5 Å². The van der Waals surface area contributed by atoms with Crippen molar-refractivity contribution in [1.82, 2.24) is 9.80 Å². The number of hydrogen-bond donors (Lipinski definition) is 0. The van der Waals surface area contributed by atoms with Crippen LogP contribution in [0.3, 0.4) is 0 Å². The first-order chi connectivity index (χ1) is 14.0. The molecule has 3 rings (SSSR count). The molecule has 1 aliphatic heterocycles. The van der Waals surface area contributed by atoms with Crippen LogP contribution in [0.1, 0.15) is 18.4 Å². The monoisotopic (exact) mass is 395 g/mol. The van der Waals surface area contributed by atoms with Crippen molar-refractivity contribution < 1.29 is 14.3 Å². The maximum atomic E-state index is 12.9. The number of amides is 2. The molecule has 0 atom stereocenters. The lowest BCUT2D eigenvalue weighted by Crippen LogP contribution is -2.40. The molecule has 0 spiro atoms. The Morgan fingerprint density at radius 3 is 2.52 bits per heavy atom. The highest BCUT2D eigenvalue weighted by atomic mass is 16.5. The number of benzene rings is 2. The number of likely N-dealkylation sites (N-methyl/N-ethyl adjacent to an activating group) is 1. The summed E-state index contributed by atoms with van der Waals surface area (Å²) >= 11 is 0. The van der Waals surface area contributed by atoms with Crippen LogP contribution < -0.4 is 9.64 Å². The minimum atomic E-state index is -0.0649. The van der Waals surface area contributed by atoms with Crippen LogP contribution in [0.2, 0.25) is 0 Å². The molecule has 0 unspecified atom stereocenters. The van der Waals surface area contributed by atoms with Crippen LogP contribution in [0, 0.1) is 0 Å². The highest BCUT2D eigenvalue weighted by Gasteiger charge is 2.25. The lowest BCUT2D eigenvalue weighted by Gasteiger charge is -2.29. The van der Waals surface area contributed by atoms with E-state index in [-0.39, 0.29) is 18.4 Å². The Morgan fingerprint density at radius 2 is 1.76 bits per heavy atom. The zero-order valence-corrected chi connectivity index (χ0v) is 17.2. The SMILES string of the molecule is CN(C)CCN(Cc1ccccc1)C(=O)CCCN1C(=O)COc2ccccc21. The molecule has 29 heavy (non-hydrogen) atoms. The fourth-order valence-corrected chi connectivity index (χ4v) is 3.36. The summed E-state index contributed by atoms with van der Waals surface area (Å²) in [4.78, 5) is 30.9. The molecule has 0 fully saturated rings. The summed E-state index contributed by atoms with van der Waals surface area (Å²) < 4.78 is 5.48. The standard InChI is InChI=1S/C23H29N3O3/c1-24(2)15-16-25(17-19-9-4-3-5-10-19)22(27)13-8-14-26-20-11-6-7-12-21(20)29-18-23(26)28/h3-7,9-12H,8,13-18H2,1-2H3. The fourth-order valence-electron chi connectivity index (χ4n) is 3.36. The van der Waals surface area contributed by atoms with Crippen LogP contribution in [0.25, 0.3) is 0 Å². The maximum Gasteiger partial charge on any atom is 0.265 e. The van der Waals surface area contributed by atoms with E-state index in [0.717, 1.165) is 23.5 Å². The van der Waals surface area contributed by atoms with Gasteiger partial charge in [0.2, 0.25) is 5.91 Å². The summed E-state index contributed by atoms with van der Waals surface area (Å²) in [7, 11) is 4.01. The molecule has 0 bridgehead atoms. The summed E-state index contributed by atoms with van der Waals surface area (Å²) in [6.45, 7) is 2.66. The van der Waals surface area contributed by atoms with Crippen LogP contribution in [0.4, 0.5) is 5.69 Å². The Kier molecular flexibility index (Phi) is 7.25. The van der Waals surface area contributed by atoms with Gasteiger partial charge in [0.1, 0.15) is 5.75 Å². The van der Waals surface area contributed by atoms with Crippen molar-refractivity contribution in [2.45, 2.75) is 19.4 Å². The molecular formula is C23H29N3O3. The molecule has 0 saturated heterocycles. The third-order valence-electron chi connectivity index (χ3n) is 4.97. The molecule has 154 valence electrons. The van der Waals surface area contributed by atoms with Crippen molar-refractivity contribution in [3.63, 3.8) is 0 Å². The van der Waals surface area contributed by atoms with Crippen molar-refractivity contribution in [1.29, 1.82) is 0 Å². The van der Waals surface area contributed by atoms with E-state index in [4.69, 9.17) is 4.74 Å². The Hall–Kier alpha value is -2.86. The van der Waals surface area contributed by atoms with Crippen molar-refractivity contribution in [2.24, 2.45) is 0 Å². The number of para-hydroxylation sites is 2. The lowest BCUT2D eigenvalue weighted by atomic mass is 10.1. The summed E-state index contributed by atoms with van der Waals surface area (Å²) in [6.07, 6.45) is 1.03. The number of carbonyl (C=O) groups is 2. The van der Waals surface area contributed by atoms with Gasteiger partial charge in [-0.25, -0.2) is 0 Å². The number of fused-ring (bicyclic) bond motifs is 1. The second-order valence-corrected chi connectivity index (χ2v) is 7.51. The van der Waals surface area contributed by atoms with Crippen molar-refractivity contribution in [3.8, 4) is 5.75 Å². The smallest absolute Gasteiger partial charge is 0.265 e. The van der Waals surface area contributed by atoms with Gasteiger partial charge < -0.3 is 19.4 Å². The summed E-state index contributed by atoms with van der Waals surface area (Å²) in [6, 6.07) is 17.6. The Labute approximate surface area is 172 Å². The second kappa shape index (κ2) is 10.1. The van der Waals surface area contributed by atoms with Crippen molar-refractivity contribution in [3.05, 3.63) is 60.2 Å². The quantitative estimate of drug-likeness (QED) is 0.655. The normalized spacial score (nSPS) is 13.2. The van der Waals surface area contributed by atoms with Crippen LogP contribution in [-0.2, 0) is 16.1 Å². The number of ether oxygens (including phenoxy) is 1. The van der Waals surface area contributed by atoms with Crippen LogP contribution in [0.15, 0.2) is 54.6 Å². The Morgan fingerprint density at radius 1 is 1.03 bits per heavy atom. The molecular weight excluding hydrogens is 366 g/mol. The van der Waals surface area contributed by atoms with Gasteiger partial charge >= 0.3 is 0 Å². The van der Waals surface area contributed by atoms with E-state index >= 15 is 0 Å². The number of nitrogens with zero attached hydrogens (tertiary/aromatic N) is 3. The first kappa shape index (κ1) is 20.9. The average Bonchev–Trinajstić information content (AvgIpc) is 2.73. The van der Waals surface area contributed by atoms with Crippen LogP contribution >= 0.6 is 0 Å². The average molecular weight is 396 g/mol. The second-order valence-electron chi connectivity index (χ2n) is 7.51. The molecule has 0 radical (unpaired) electrons. The van der Waals surface area contributed by atoms with Gasteiger partial charge in [-0.2, -0.15) is 0 Å². The molecule has 6 heteroatoms. The molecule has 1 aliphatic rings. The molecule has 0 N–H and O–H groups in total. The fraction of sp³-hybridized carbons (Fsp3) is 0.391. The molecule has 2 aromatic rings. The first-order valence-electron chi connectivity index (χ1n) is 10.0. The van der Waals surface area contributed by atoms with E-state index in [2.05, 4.69) is 4.90 Å². The predicted octanol–water partition coefficient (Wildman–Crippen LogP) is 2.78. The maximum absolute atomic E-state index is 12.9. The Bertz CT molecular complexity index is 823. The molecule has 2 aromatic carbocycles. The van der Waals surface area contributed by atoms with Gasteiger partial charge in [-0.05, 0) is 38.2 Å². The van der Waals surface area contributed by atoms with Gasteiger partial charge in [-0.3, -0.25) is 9.59 Å². The van der Waals surface area contributed by atoms with Gasteiger partial charge in [-0.15, -0.1) is 0 Å². The number of carbonyl (C=O) groups excluding carboxylic acids is 2. The number of rotatable bonds is 9. The molecule has 0 saturated carbocycles. The summed E-state index contributed by atoms with van der Waals surface area (Å²) in [5.74, 6) is 0.768. The summed E-state index contributed by atoms with van der Waals surface area (Å²) in [5.41, 5.74) is 1.90.